The molecule has 7 atom stereocenters. The van der Waals surface area contributed by atoms with Crippen LogP contribution in [0.25, 0.3) is 0 Å². The molecule has 0 aliphatic heterocycles. The van der Waals surface area contributed by atoms with Gasteiger partial charge in [-0.1, -0.05) is 13.8 Å². The van der Waals surface area contributed by atoms with Gasteiger partial charge in [-0.15, -0.1) is 0 Å². The molecule has 24 heavy (non-hydrogen) atoms. The molecule has 0 bridgehead atoms. The van der Waals surface area contributed by atoms with Crippen molar-refractivity contribution in [3.8, 4) is 0 Å². The van der Waals surface area contributed by atoms with E-state index < -0.39 is 5.60 Å². The van der Waals surface area contributed by atoms with Gasteiger partial charge in [-0.3, -0.25) is 9.59 Å². The third-order valence-electron chi connectivity index (χ3n) is 8.49. The molecule has 0 saturated heterocycles. The van der Waals surface area contributed by atoms with Crippen LogP contribution >= 0.6 is 0 Å². The van der Waals surface area contributed by atoms with E-state index in [4.69, 9.17) is 4.74 Å². The molecule has 0 aromatic carbocycles. The van der Waals surface area contributed by atoms with Gasteiger partial charge in [0.2, 0.25) is 0 Å². The molecule has 0 aromatic heterocycles. The van der Waals surface area contributed by atoms with Crippen LogP contribution in [-0.4, -0.2) is 28.6 Å². The molecule has 4 heteroatoms. The van der Waals surface area contributed by atoms with Crippen LogP contribution in [0, 0.1) is 28.6 Å². The van der Waals surface area contributed by atoms with Gasteiger partial charge in [0.1, 0.15) is 11.9 Å². The molecule has 0 radical (unpaired) electrons. The maximum absolute atomic E-state index is 12.1. The number of hydrogen-bond acceptors (Lipinski definition) is 4. The fraction of sp³-hybridized carbons (Fsp3) is 0.900. The molecule has 134 valence electrons. The standard InChI is InChI=1S/C20H30O4/c1-12(21)24-17-5-4-15-14-6-9-20(23)11-13(22)10-19(20,3)16(14)7-8-18(15,17)2/h14-17,23H,4-11H2,1-3H3/t14-,15-,16-,17-,18-,19+,20+/m0/s1. The number of aliphatic hydroxyl groups is 1. The molecular formula is C20H30O4. The summed E-state index contributed by atoms with van der Waals surface area (Å²) in [5.74, 6) is 1.60. The Morgan fingerprint density at radius 1 is 1.08 bits per heavy atom. The van der Waals surface area contributed by atoms with E-state index in [1.807, 2.05) is 0 Å². The minimum Gasteiger partial charge on any atom is -0.462 e. The Morgan fingerprint density at radius 3 is 2.54 bits per heavy atom. The van der Waals surface area contributed by atoms with Crippen molar-refractivity contribution in [2.75, 3.05) is 0 Å². The second-order valence-corrected chi connectivity index (χ2v) is 9.48. The molecule has 4 fully saturated rings. The fourth-order valence-corrected chi connectivity index (χ4v) is 7.25. The Bertz CT molecular complexity index is 586. The van der Waals surface area contributed by atoms with Gasteiger partial charge in [0.25, 0.3) is 0 Å². The molecule has 4 saturated carbocycles. The number of fused-ring (bicyclic) bond motifs is 5. The SMILES string of the molecule is CC(=O)O[C@H]1CC[C@H]2[C@@H]3CC[C@@]4(O)CC(=O)C[C@]4(C)[C@H]3CC[C@]12C. The average Bonchev–Trinajstić information content (AvgIpc) is 2.92. The number of carbonyl (C=O) groups excluding carboxylic acids is 2. The van der Waals surface area contributed by atoms with Crippen molar-refractivity contribution in [1.29, 1.82) is 0 Å². The van der Waals surface area contributed by atoms with Crippen molar-refractivity contribution in [2.45, 2.75) is 83.8 Å². The topological polar surface area (TPSA) is 63.6 Å². The second kappa shape index (κ2) is 5.06. The quantitative estimate of drug-likeness (QED) is 0.748. The largest absolute Gasteiger partial charge is 0.462 e. The normalized spacial score (nSPS) is 53.2. The van der Waals surface area contributed by atoms with Crippen molar-refractivity contribution >= 4 is 11.8 Å². The van der Waals surface area contributed by atoms with Crippen molar-refractivity contribution in [3.05, 3.63) is 0 Å². The van der Waals surface area contributed by atoms with Gasteiger partial charge < -0.3 is 9.84 Å². The lowest BCUT2D eigenvalue weighted by atomic mass is 9.47. The van der Waals surface area contributed by atoms with Crippen molar-refractivity contribution in [3.63, 3.8) is 0 Å². The highest BCUT2D eigenvalue weighted by molar-refractivity contribution is 5.83. The van der Waals surface area contributed by atoms with Crippen LogP contribution < -0.4 is 0 Å². The molecule has 4 rings (SSSR count). The summed E-state index contributed by atoms with van der Waals surface area (Å²) in [5, 5.41) is 11.2. The van der Waals surface area contributed by atoms with E-state index in [1.54, 1.807) is 0 Å². The monoisotopic (exact) mass is 334 g/mol. The highest BCUT2D eigenvalue weighted by atomic mass is 16.5. The van der Waals surface area contributed by atoms with Gasteiger partial charge in [0.05, 0.1) is 5.60 Å². The van der Waals surface area contributed by atoms with Crippen LogP contribution in [0.4, 0.5) is 0 Å². The molecule has 0 unspecified atom stereocenters. The summed E-state index contributed by atoms with van der Waals surface area (Å²) in [6, 6.07) is 0. The molecular weight excluding hydrogens is 304 g/mol. The maximum Gasteiger partial charge on any atom is 0.302 e. The highest BCUT2D eigenvalue weighted by Crippen LogP contribution is 2.67. The Kier molecular flexibility index (Phi) is 3.49. The van der Waals surface area contributed by atoms with E-state index in [2.05, 4.69) is 13.8 Å². The number of ketones is 1. The Morgan fingerprint density at radius 2 is 1.83 bits per heavy atom. The maximum atomic E-state index is 12.1. The molecule has 0 aromatic rings. The first-order valence-corrected chi connectivity index (χ1v) is 9.61. The summed E-state index contributed by atoms with van der Waals surface area (Å²) in [6.45, 7) is 5.97. The third-order valence-corrected chi connectivity index (χ3v) is 8.49. The van der Waals surface area contributed by atoms with E-state index in [0.717, 1.165) is 38.5 Å². The third kappa shape index (κ3) is 2.01. The number of rotatable bonds is 1. The Hall–Kier alpha value is -0.900. The predicted molar refractivity (Wildman–Crippen MR) is 89.1 cm³/mol. The number of ether oxygens (including phenoxy) is 1. The van der Waals surface area contributed by atoms with Crippen LogP contribution in [0.2, 0.25) is 0 Å². The van der Waals surface area contributed by atoms with Crippen LogP contribution in [0.3, 0.4) is 0 Å². The first-order valence-electron chi connectivity index (χ1n) is 9.61. The van der Waals surface area contributed by atoms with Crippen molar-refractivity contribution in [1.82, 2.24) is 0 Å². The van der Waals surface area contributed by atoms with Gasteiger partial charge in [-0.2, -0.15) is 0 Å². The second-order valence-electron chi connectivity index (χ2n) is 9.48. The van der Waals surface area contributed by atoms with Gasteiger partial charge in [-0.25, -0.2) is 0 Å². The Labute approximate surface area is 144 Å². The van der Waals surface area contributed by atoms with Gasteiger partial charge in [0.15, 0.2) is 0 Å². The zero-order chi connectivity index (χ0) is 17.3. The van der Waals surface area contributed by atoms with E-state index in [9.17, 15) is 14.7 Å². The van der Waals surface area contributed by atoms with Gasteiger partial charge in [0, 0.05) is 30.6 Å². The summed E-state index contributed by atoms with van der Waals surface area (Å²) in [6.07, 6.45) is 6.85. The molecule has 4 aliphatic carbocycles. The van der Waals surface area contributed by atoms with Crippen molar-refractivity contribution in [2.24, 2.45) is 28.6 Å². The number of carbonyl (C=O) groups is 2. The first kappa shape index (κ1) is 16.6. The molecule has 0 spiro atoms. The van der Waals surface area contributed by atoms with Crippen LogP contribution in [0.1, 0.15) is 72.1 Å². The van der Waals surface area contributed by atoms with E-state index in [1.165, 1.54) is 6.92 Å². The van der Waals surface area contributed by atoms with Crippen molar-refractivity contribution < 1.29 is 19.4 Å². The molecule has 4 nitrogen and oxygen atoms in total. The minimum atomic E-state index is -0.785. The fourth-order valence-electron chi connectivity index (χ4n) is 7.25. The average molecular weight is 334 g/mol. The molecule has 0 amide bonds. The molecule has 4 aliphatic rings. The number of esters is 1. The summed E-state index contributed by atoms with van der Waals surface area (Å²) < 4.78 is 5.67. The summed E-state index contributed by atoms with van der Waals surface area (Å²) in [4.78, 5) is 23.6. The van der Waals surface area contributed by atoms with E-state index in [0.29, 0.717) is 30.6 Å². The Balaban J connectivity index is 1.63. The first-order chi connectivity index (χ1) is 11.2. The summed E-state index contributed by atoms with van der Waals surface area (Å²) in [7, 11) is 0. The predicted octanol–water partition coefficient (Wildman–Crippen LogP) is 3.25. The van der Waals surface area contributed by atoms with E-state index in [-0.39, 0.29) is 28.7 Å². The van der Waals surface area contributed by atoms with Gasteiger partial charge in [-0.05, 0) is 56.3 Å². The lowest BCUT2D eigenvalue weighted by molar-refractivity contribution is -0.180. The molecule has 0 heterocycles. The summed E-state index contributed by atoms with van der Waals surface area (Å²) in [5.41, 5.74) is -0.970. The molecule has 1 N–H and O–H groups in total. The van der Waals surface area contributed by atoms with Gasteiger partial charge >= 0.3 is 5.97 Å². The zero-order valence-electron chi connectivity index (χ0n) is 15.1. The lowest BCUT2D eigenvalue weighted by Crippen LogP contribution is -2.58. The zero-order valence-corrected chi connectivity index (χ0v) is 15.1. The lowest BCUT2D eigenvalue weighted by Gasteiger charge is -2.59. The number of hydrogen-bond donors (Lipinski definition) is 1. The van der Waals surface area contributed by atoms with Crippen LogP contribution in [0.15, 0.2) is 0 Å². The minimum absolute atomic E-state index is 0.0415. The van der Waals surface area contributed by atoms with E-state index >= 15 is 0 Å². The van der Waals surface area contributed by atoms with Crippen LogP contribution in [-0.2, 0) is 14.3 Å². The van der Waals surface area contributed by atoms with Crippen LogP contribution in [0.5, 0.6) is 0 Å². The number of Topliss-reactive ketones (excluding diaryl/α,β-unsaturated/α-hetero) is 1. The highest BCUT2D eigenvalue weighted by Gasteiger charge is 2.66. The smallest absolute Gasteiger partial charge is 0.302 e. The summed E-state index contributed by atoms with van der Waals surface area (Å²) >= 11 is 0.